The number of amides is 2. The van der Waals surface area contributed by atoms with Crippen molar-refractivity contribution in [1.29, 1.82) is 0 Å². The monoisotopic (exact) mass is 392 g/mol. The van der Waals surface area contributed by atoms with Gasteiger partial charge in [-0.1, -0.05) is 63.2 Å². The standard InChI is InChI=1S/C25H32N2O2/c1-25(2,3)21-9-11-22(12-10-21)26-23(28)18-24(29)27-15-13-20(14-16-27)17-19-7-5-4-6-8-19/h4-12,20H,13-18H2,1-3H3,(H,26,28). The van der Waals surface area contributed by atoms with E-state index in [1.54, 1.807) is 0 Å². The molecule has 1 N–H and O–H groups in total. The molecule has 2 aromatic rings. The van der Waals surface area contributed by atoms with Crippen molar-refractivity contribution in [1.82, 2.24) is 4.90 Å². The van der Waals surface area contributed by atoms with Crippen LogP contribution in [0.25, 0.3) is 0 Å². The van der Waals surface area contributed by atoms with E-state index in [2.05, 4.69) is 50.4 Å². The molecule has 0 bridgehead atoms. The van der Waals surface area contributed by atoms with Gasteiger partial charge in [-0.05, 0) is 53.9 Å². The molecule has 0 aromatic heterocycles. The maximum Gasteiger partial charge on any atom is 0.233 e. The predicted octanol–water partition coefficient (Wildman–Crippen LogP) is 4.79. The summed E-state index contributed by atoms with van der Waals surface area (Å²) in [4.78, 5) is 26.6. The van der Waals surface area contributed by atoms with Gasteiger partial charge in [0, 0.05) is 18.8 Å². The smallest absolute Gasteiger partial charge is 0.233 e. The van der Waals surface area contributed by atoms with Crippen LogP contribution in [0.1, 0.15) is 51.2 Å². The summed E-state index contributed by atoms with van der Waals surface area (Å²) in [5.41, 5.74) is 3.38. The topological polar surface area (TPSA) is 49.4 Å². The lowest BCUT2D eigenvalue weighted by molar-refractivity contribution is -0.135. The molecule has 0 aliphatic carbocycles. The number of rotatable bonds is 5. The Balaban J connectivity index is 1.44. The quantitative estimate of drug-likeness (QED) is 0.744. The average Bonchev–Trinajstić information content (AvgIpc) is 2.69. The molecule has 0 spiro atoms. The minimum Gasteiger partial charge on any atom is -0.342 e. The first kappa shape index (κ1) is 21.1. The van der Waals surface area contributed by atoms with Crippen molar-refractivity contribution in [2.75, 3.05) is 18.4 Å². The van der Waals surface area contributed by atoms with E-state index in [0.29, 0.717) is 5.92 Å². The van der Waals surface area contributed by atoms with Crippen LogP contribution in [0.2, 0.25) is 0 Å². The van der Waals surface area contributed by atoms with E-state index in [1.165, 1.54) is 11.1 Å². The molecule has 4 nitrogen and oxygen atoms in total. The van der Waals surface area contributed by atoms with Crippen molar-refractivity contribution >= 4 is 17.5 Å². The van der Waals surface area contributed by atoms with Crippen LogP contribution in [-0.4, -0.2) is 29.8 Å². The van der Waals surface area contributed by atoms with E-state index in [-0.39, 0.29) is 23.7 Å². The number of carbonyl (C=O) groups is 2. The van der Waals surface area contributed by atoms with Crippen molar-refractivity contribution in [3.8, 4) is 0 Å². The average molecular weight is 393 g/mol. The summed E-state index contributed by atoms with van der Waals surface area (Å²) in [6, 6.07) is 18.4. The molecule has 1 saturated heterocycles. The van der Waals surface area contributed by atoms with Crippen molar-refractivity contribution in [2.45, 2.75) is 51.9 Å². The highest BCUT2D eigenvalue weighted by Gasteiger charge is 2.24. The summed E-state index contributed by atoms with van der Waals surface area (Å²) in [6.07, 6.45) is 2.96. The van der Waals surface area contributed by atoms with E-state index in [4.69, 9.17) is 0 Å². The molecular formula is C25H32N2O2. The number of nitrogens with zero attached hydrogens (tertiary/aromatic N) is 1. The van der Waals surface area contributed by atoms with Gasteiger partial charge in [-0.25, -0.2) is 0 Å². The lowest BCUT2D eigenvalue weighted by atomic mass is 9.87. The second-order valence-corrected chi connectivity index (χ2v) is 9.07. The number of nitrogens with one attached hydrogen (secondary N) is 1. The van der Waals surface area contributed by atoms with Crippen molar-refractivity contribution in [3.63, 3.8) is 0 Å². The van der Waals surface area contributed by atoms with Gasteiger partial charge in [0.15, 0.2) is 0 Å². The molecule has 1 fully saturated rings. The van der Waals surface area contributed by atoms with E-state index in [1.807, 2.05) is 35.2 Å². The normalized spacial score (nSPS) is 15.2. The summed E-state index contributed by atoms with van der Waals surface area (Å²) < 4.78 is 0. The van der Waals surface area contributed by atoms with Gasteiger partial charge in [0.25, 0.3) is 0 Å². The largest absolute Gasteiger partial charge is 0.342 e. The molecule has 1 heterocycles. The highest BCUT2D eigenvalue weighted by Crippen LogP contribution is 2.24. The number of likely N-dealkylation sites (tertiary alicyclic amines) is 1. The van der Waals surface area contributed by atoms with Crippen molar-refractivity contribution < 1.29 is 9.59 Å². The molecule has 0 atom stereocenters. The van der Waals surface area contributed by atoms with Gasteiger partial charge in [0.1, 0.15) is 6.42 Å². The van der Waals surface area contributed by atoms with Crippen LogP contribution in [0.4, 0.5) is 5.69 Å². The number of anilines is 1. The fourth-order valence-corrected chi connectivity index (χ4v) is 3.84. The zero-order chi connectivity index (χ0) is 20.9. The van der Waals surface area contributed by atoms with Gasteiger partial charge in [0.2, 0.25) is 11.8 Å². The number of piperidine rings is 1. The zero-order valence-corrected chi connectivity index (χ0v) is 17.8. The highest BCUT2D eigenvalue weighted by atomic mass is 16.2. The van der Waals surface area contributed by atoms with Crippen LogP contribution in [0.3, 0.4) is 0 Å². The lowest BCUT2D eigenvalue weighted by Gasteiger charge is -2.32. The molecule has 1 aliphatic heterocycles. The molecule has 3 rings (SSSR count). The summed E-state index contributed by atoms with van der Waals surface area (Å²) in [7, 11) is 0. The minimum atomic E-state index is -0.245. The summed E-state index contributed by atoms with van der Waals surface area (Å²) in [6.45, 7) is 7.95. The fourth-order valence-electron chi connectivity index (χ4n) is 3.84. The summed E-state index contributed by atoms with van der Waals surface area (Å²) in [5, 5.41) is 2.85. The molecular weight excluding hydrogens is 360 g/mol. The van der Waals surface area contributed by atoms with Gasteiger partial charge < -0.3 is 10.2 Å². The molecule has 0 unspecified atom stereocenters. The van der Waals surface area contributed by atoms with Crippen LogP contribution in [0, 0.1) is 5.92 Å². The first-order valence-electron chi connectivity index (χ1n) is 10.5. The molecule has 1 aliphatic rings. The summed E-state index contributed by atoms with van der Waals surface area (Å²) >= 11 is 0. The SMILES string of the molecule is CC(C)(C)c1ccc(NC(=O)CC(=O)N2CCC(Cc3ccccc3)CC2)cc1. The third-order valence-electron chi connectivity index (χ3n) is 5.68. The maximum absolute atomic E-state index is 12.5. The highest BCUT2D eigenvalue weighted by molar-refractivity contribution is 6.03. The molecule has 0 radical (unpaired) electrons. The third kappa shape index (κ3) is 6.18. The predicted molar refractivity (Wildman–Crippen MR) is 118 cm³/mol. The molecule has 4 heteroatoms. The molecule has 0 saturated carbocycles. The van der Waals surface area contributed by atoms with Crippen LogP contribution < -0.4 is 5.32 Å². The number of benzene rings is 2. The zero-order valence-electron chi connectivity index (χ0n) is 17.8. The Kier molecular flexibility index (Phi) is 6.73. The number of carbonyl (C=O) groups excluding carboxylic acids is 2. The Bertz CT molecular complexity index is 814. The molecule has 29 heavy (non-hydrogen) atoms. The van der Waals surface area contributed by atoms with Gasteiger partial charge in [0.05, 0.1) is 0 Å². The van der Waals surface area contributed by atoms with E-state index in [9.17, 15) is 9.59 Å². The van der Waals surface area contributed by atoms with Gasteiger partial charge >= 0.3 is 0 Å². The van der Waals surface area contributed by atoms with E-state index < -0.39 is 0 Å². The Morgan fingerprint density at radius 2 is 1.59 bits per heavy atom. The van der Waals surface area contributed by atoms with Crippen LogP contribution in [0.15, 0.2) is 54.6 Å². The molecule has 154 valence electrons. The fraction of sp³-hybridized carbons (Fsp3) is 0.440. The second kappa shape index (κ2) is 9.25. The molecule has 2 amide bonds. The van der Waals surface area contributed by atoms with Gasteiger partial charge in [-0.2, -0.15) is 0 Å². The van der Waals surface area contributed by atoms with Crippen molar-refractivity contribution in [2.24, 2.45) is 5.92 Å². The number of hydrogen-bond acceptors (Lipinski definition) is 2. The Morgan fingerprint density at radius 1 is 0.966 bits per heavy atom. The van der Waals surface area contributed by atoms with Crippen LogP contribution in [0.5, 0.6) is 0 Å². The van der Waals surface area contributed by atoms with Crippen LogP contribution in [-0.2, 0) is 21.4 Å². The number of hydrogen-bond donors (Lipinski definition) is 1. The van der Waals surface area contributed by atoms with Gasteiger partial charge in [-0.3, -0.25) is 9.59 Å². The van der Waals surface area contributed by atoms with E-state index >= 15 is 0 Å². The first-order valence-corrected chi connectivity index (χ1v) is 10.5. The lowest BCUT2D eigenvalue weighted by Crippen LogP contribution is -2.40. The van der Waals surface area contributed by atoms with Crippen molar-refractivity contribution in [3.05, 3.63) is 65.7 Å². The third-order valence-corrected chi connectivity index (χ3v) is 5.68. The van der Waals surface area contributed by atoms with Gasteiger partial charge in [-0.15, -0.1) is 0 Å². The van der Waals surface area contributed by atoms with Crippen LogP contribution >= 0.6 is 0 Å². The Labute approximate surface area is 174 Å². The minimum absolute atomic E-state index is 0.0745. The Morgan fingerprint density at radius 3 is 2.17 bits per heavy atom. The summed E-state index contributed by atoms with van der Waals surface area (Å²) in [5.74, 6) is 0.286. The van der Waals surface area contributed by atoms with E-state index in [0.717, 1.165) is 38.0 Å². The first-order chi connectivity index (χ1) is 13.8. The second-order valence-electron chi connectivity index (χ2n) is 9.07. The molecule has 2 aromatic carbocycles. The maximum atomic E-state index is 12.5. The Hall–Kier alpha value is -2.62.